The van der Waals surface area contributed by atoms with Gasteiger partial charge in [-0.2, -0.15) is 0 Å². The average molecular weight is 792 g/mol. The molecule has 0 unspecified atom stereocenters. The van der Waals surface area contributed by atoms with Crippen LogP contribution in [0.15, 0.2) is 200 Å². The van der Waals surface area contributed by atoms with Gasteiger partial charge in [0.05, 0.1) is 0 Å². The Kier molecular flexibility index (Phi) is 7.83. The van der Waals surface area contributed by atoms with Crippen molar-refractivity contribution in [2.75, 3.05) is 4.90 Å². The predicted molar refractivity (Wildman–Crippen MR) is 256 cm³/mol. The van der Waals surface area contributed by atoms with Crippen molar-refractivity contribution in [3.63, 3.8) is 0 Å². The number of fused-ring (bicyclic) bond motifs is 9. The summed E-state index contributed by atoms with van der Waals surface area (Å²) in [5.74, 6) is 0. The van der Waals surface area contributed by atoms with Crippen LogP contribution in [0.4, 0.5) is 17.1 Å². The molecule has 0 fully saturated rings. The Labute approximate surface area is 347 Å². The molecule has 58 heavy (non-hydrogen) atoms. The van der Waals surface area contributed by atoms with E-state index in [0.29, 0.717) is 0 Å². The van der Waals surface area contributed by atoms with Crippen LogP contribution in [0.3, 0.4) is 0 Å². The molecule has 0 saturated heterocycles. The van der Waals surface area contributed by atoms with E-state index in [0.717, 1.165) is 17.1 Å². The smallest absolute Gasteiger partial charge is 0.0462 e. The molecule has 4 heteroatoms. The molecule has 0 saturated carbocycles. The molecule has 3 heterocycles. The van der Waals surface area contributed by atoms with Gasteiger partial charge in [-0.05, 0) is 112 Å². The van der Waals surface area contributed by atoms with Crippen molar-refractivity contribution in [2.24, 2.45) is 0 Å². The third-order valence-corrected chi connectivity index (χ3v) is 14.9. The van der Waals surface area contributed by atoms with E-state index in [1.54, 1.807) is 0 Å². The summed E-state index contributed by atoms with van der Waals surface area (Å²) in [5.41, 5.74) is 10.7. The molecule has 9 aromatic carbocycles. The molecule has 0 amide bonds. The van der Waals surface area contributed by atoms with E-state index in [9.17, 15) is 0 Å². The van der Waals surface area contributed by atoms with Gasteiger partial charge >= 0.3 is 0 Å². The van der Waals surface area contributed by atoms with Crippen LogP contribution in [0.25, 0.3) is 93.9 Å². The second-order valence-corrected chi connectivity index (χ2v) is 18.2. The fourth-order valence-electron chi connectivity index (χ4n) is 8.57. The zero-order valence-corrected chi connectivity index (χ0v) is 33.7. The van der Waals surface area contributed by atoms with E-state index in [4.69, 9.17) is 0 Å². The zero-order chi connectivity index (χ0) is 38.2. The average Bonchev–Trinajstić information content (AvgIpc) is 3.97. The van der Waals surface area contributed by atoms with Gasteiger partial charge in [0.2, 0.25) is 0 Å². The minimum absolute atomic E-state index is 1.12. The third-order valence-electron chi connectivity index (χ3n) is 11.5. The summed E-state index contributed by atoms with van der Waals surface area (Å²) >= 11 is 5.60. The highest BCUT2D eigenvalue weighted by Crippen LogP contribution is 2.42. The Bertz CT molecular complexity index is 3340. The molecule has 0 spiro atoms. The minimum atomic E-state index is 1.12. The van der Waals surface area contributed by atoms with Crippen LogP contribution >= 0.6 is 34.0 Å². The molecule has 0 aliphatic carbocycles. The molecule has 1 nitrogen and oxygen atoms in total. The lowest BCUT2D eigenvalue weighted by atomic mass is 10.0. The third kappa shape index (κ3) is 5.64. The molecule has 0 atom stereocenters. The van der Waals surface area contributed by atoms with Crippen molar-refractivity contribution in [3.8, 4) is 33.4 Å². The number of anilines is 3. The van der Waals surface area contributed by atoms with Crippen molar-refractivity contribution < 1.29 is 0 Å². The first-order valence-corrected chi connectivity index (χ1v) is 22.0. The predicted octanol–water partition coefficient (Wildman–Crippen LogP) is 17.3. The molecule has 0 N–H and O–H groups in total. The van der Waals surface area contributed by atoms with Gasteiger partial charge in [-0.15, -0.1) is 34.0 Å². The second-order valence-electron chi connectivity index (χ2n) is 14.9. The quantitative estimate of drug-likeness (QED) is 0.162. The van der Waals surface area contributed by atoms with Crippen LogP contribution < -0.4 is 4.90 Å². The largest absolute Gasteiger partial charge is 0.311 e. The van der Waals surface area contributed by atoms with E-state index in [-0.39, 0.29) is 0 Å². The van der Waals surface area contributed by atoms with Gasteiger partial charge in [-0.3, -0.25) is 0 Å². The maximum absolute atomic E-state index is 2.37. The van der Waals surface area contributed by atoms with Crippen molar-refractivity contribution in [1.29, 1.82) is 0 Å². The van der Waals surface area contributed by atoms with Crippen LogP contribution in [-0.2, 0) is 0 Å². The normalized spacial score (nSPS) is 11.8. The van der Waals surface area contributed by atoms with Crippen molar-refractivity contribution in [2.45, 2.75) is 0 Å². The summed E-state index contributed by atoms with van der Waals surface area (Å²) in [7, 11) is 0. The Morgan fingerprint density at radius 3 is 0.983 bits per heavy atom. The van der Waals surface area contributed by atoms with E-state index in [2.05, 4.69) is 205 Å². The number of nitrogens with zero attached hydrogens (tertiary/aromatic N) is 1. The van der Waals surface area contributed by atoms with E-state index < -0.39 is 0 Å². The zero-order valence-electron chi connectivity index (χ0n) is 31.2. The van der Waals surface area contributed by atoms with Gasteiger partial charge in [0.15, 0.2) is 0 Å². The summed E-state index contributed by atoms with van der Waals surface area (Å²) in [6, 6.07) is 73.9. The Morgan fingerprint density at radius 2 is 0.534 bits per heavy atom. The van der Waals surface area contributed by atoms with Gasteiger partial charge in [0, 0.05) is 77.6 Å². The van der Waals surface area contributed by atoms with E-state index in [1.165, 1.54) is 93.9 Å². The van der Waals surface area contributed by atoms with E-state index in [1.807, 2.05) is 34.0 Å². The summed E-state index contributed by atoms with van der Waals surface area (Å²) in [5, 5.41) is 7.96. The Hall–Kier alpha value is -6.56. The first-order chi connectivity index (χ1) is 28.7. The van der Waals surface area contributed by atoms with Gasteiger partial charge < -0.3 is 4.90 Å². The fourth-order valence-corrected chi connectivity index (χ4v) is 11.9. The number of rotatable bonds is 6. The number of hydrogen-bond donors (Lipinski definition) is 0. The minimum Gasteiger partial charge on any atom is -0.311 e. The molecule has 12 aromatic rings. The Morgan fingerprint density at radius 1 is 0.224 bits per heavy atom. The SMILES string of the molecule is c1ccc2c(c1)sc1cc(-c3ccc(N(c4ccc(-c5ccc6c(c5)sc5ccccc56)cc4)c4ccc(-c5ccc6sc7ccccc7c6c5)cc4)cc3)ccc12. The van der Waals surface area contributed by atoms with Crippen LogP contribution in [-0.4, -0.2) is 0 Å². The van der Waals surface area contributed by atoms with Crippen LogP contribution in [0, 0.1) is 0 Å². The second kappa shape index (κ2) is 13.5. The highest BCUT2D eigenvalue weighted by Gasteiger charge is 2.16. The summed E-state index contributed by atoms with van der Waals surface area (Å²) < 4.78 is 7.97. The number of thiophene rings is 3. The van der Waals surface area contributed by atoms with Crippen LogP contribution in [0.5, 0.6) is 0 Å². The highest BCUT2D eigenvalue weighted by molar-refractivity contribution is 7.26. The monoisotopic (exact) mass is 791 g/mol. The van der Waals surface area contributed by atoms with Crippen molar-refractivity contribution >= 4 is 112 Å². The summed E-state index contributed by atoms with van der Waals surface area (Å²) in [6.45, 7) is 0. The summed E-state index contributed by atoms with van der Waals surface area (Å²) in [6.07, 6.45) is 0. The maximum atomic E-state index is 2.37. The number of hydrogen-bond acceptors (Lipinski definition) is 4. The lowest BCUT2D eigenvalue weighted by Crippen LogP contribution is -2.09. The molecule has 3 aromatic heterocycles. The lowest BCUT2D eigenvalue weighted by Gasteiger charge is -2.26. The first-order valence-electron chi connectivity index (χ1n) is 19.6. The Balaban J connectivity index is 0.915. The maximum Gasteiger partial charge on any atom is 0.0462 e. The van der Waals surface area contributed by atoms with Crippen molar-refractivity contribution in [1.82, 2.24) is 0 Å². The lowest BCUT2D eigenvalue weighted by molar-refractivity contribution is 1.28. The van der Waals surface area contributed by atoms with E-state index >= 15 is 0 Å². The fraction of sp³-hybridized carbons (Fsp3) is 0. The molecule has 0 aliphatic heterocycles. The van der Waals surface area contributed by atoms with Crippen molar-refractivity contribution in [3.05, 3.63) is 200 Å². The van der Waals surface area contributed by atoms with Gasteiger partial charge in [-0.25, -0.2) is 0 Å². The molecule has 0 bridgehead atoms. The topological polar surface area (TPSA) is 3.24 Å². The van der Waals surface area contributed by atoms with Crippen LogP contribution in [0.2, 0.25) is 0 Å². The standard InChI is InChI=1S/C54H33NS3/c1-4-10-49-43(7-1)46-28-19-38(32-53(46)57-49)35-15-24-41(25-16-35)55(40-22-13-34(14-23-40)37-21-30-52-48(31-37)45-9-3-6-12-51(45)56-52)42-26-17-36(18-27-42)39-20-29-47-44-8-2-5-11-50(44)58-54(47)33-39/h1-33H. The molecule has 0 radical (unpaired) electrons. The van der Waals surface area contributed by atoms with Crippen LogP contribution in [0.1, 0.15) is 0 Å². The summed E-state index contributed by atoms with van der Waals surface area (Å²) in [4.78, 5) is 2.37. The first kappa shape index (κ1) is 33.6. The molecule has 272 valence electrons. The molecular formula is C54H33NS3. The van der Waals surface area contributed by atoms with Gasteiger partial charge in [0.25, 0.3) is 0 Å². The van der Waals surface area contributed by atoms with Gasteiger partial charge in [-0.1, -0.05) is 121 Å². The van der Waals surface area contributed by atoms with Gasteiger partial charge in [0.1, 0.15) is 0 Å². The molecular weight excluding hydrogens is 759 g/mol. The molecule has 0 aliphatic rings. The number of benzene rings is 9. The highest BCUT2D eigenvalue weighted by atomic mass is 32.1. The molecule has 12 rings (SSSR count).